The summed E-state index contributed by atoms with van der Waals surface area (Å²) >= 11 is 0. The van der Waals surface area contributed by atoms with Crippen molar-refractivity contribution >= 4 is 22.3 Å². The first kappa shape index (κ1) is 18.7. The molecule has 0 spiro atoms. The van der Waals surface area contributed by atoms with E-state index < -0.39 is 0 Å². The van der Waals surface area contributed by atoms with Crippen LogP contribution in [0, 0.1) is 0 Å². The Morgan fingerprint density at radius 1 is 1.07 bits per heavy atom. The molecule has 2 aromatic carbocycles. The van der Waals surface area contributed by atoms with Gasteiger partial charge in [0.1, 0.15) is 5.82 Å². The minimum Gasteiger partial charge on any atom is -0.383 e. The number of nitrogens with zero attached hydrogens (tertiary/aromatic N) is 2. The van der Waals surface area contributed by atoms with Crippen molar-refractivity contribution in [1.82, 2.24) is 9.88 Å². The molecule has 0 aliphatic carbocycles. The van der Waals surface area contributed by atoms with E-state index in [1.807, 2.05) is 18.2 Å². The maximum absolute atomic E-state index is 6.08. The largest absolute Gasteiger partial charge is 0.383 e. The molecule has 5 heteroatoms. The molecule has 0 bridgehead atoms. The average Bonchev–Trinajstić information content (AvgIpc) is 2.73. The van der Waals surface area contributed by atoms with Crippen LogP contribution in [0.1, 0.15) is 24.0 Å². The van der Waals surface area contributed by atoms with Gasteiger partial charge in [-0.25, -0.2) is 4.98 Å². The maximum atomic E-state index is 6.08. The van der Waals surface area contributed by atoms with Gasteiger partial charge in [-0.15, -0.1) is 0 Å². The molecule has 4 rings (SSSR count). The number of rotatable bonds is 6. The van der Waals surface area contributed by atoms with Gasteiger partial charge in [0.2, 0.25) is 0 Å². The lowest BCUT2D eigenvalue weighted by Crippen LogP contribution is -2.34. The van der Waals surface area contributed by atoms with Crippen molar-refractivity contribution in [2.24, 2.45) is 0 Å². The molecule has 5 nitrogen and oxygen atoms in total. The zero-order chi connectivity index (χ0) is 19.3. The number of hydrogen-bond acceptors (Lipinski definition) is 5. The molecule has 2 heterocycles. The van der Waals surface area contributed by atoms with Gasteiger partial charge in [0.05, 0.1) is 12.7 Å². The first-order valence-electron chi connectivity index (χ1n) is 9.93. The lowest BCUT2D eigenvalue weighted by molar-refractivity contribution is 0.00213. The van der Waals surface area contributed by atoms with E-state index in [0.717, 1.165) is 48.9 Å². The number of nitrogen functional groups attached to an aromatic ring is 1. The Morgan fingerprint density at radius 3 is 2.61 bits per heavy atom. The topological polar surface area (TPSA) is 63.4 Å². The van der Waals surface area contributed by atoms with Gasteiger partial charge in [-0.3, -0.25) is 0 Å². The minimum atomic E-state index is 0.398. The summed E-state index contributed by atoms with van der Waals surface area (Å²) in [6.45, 7) is 3.74. The molecule has 0 unspecified atom stereocenters. The van der Waals surface area contributed by atoms with Gasteiger partial charge in [0.25, 0.3) is 0 Å². The number of pyridine rings is 1. The Bertz CT molecular complexity index is 918. The molecular formula is C23H28N4O. The fourth-order valence-corrected chi connectivity index (χ4v) is 3.63. The van der Waals surface area contributed by atoms with Gasteiger partial charge >= 0.3 is 0 Å². The van der Waals surface area contributed by atoms with E-state index in [2.05, 4.69) is 52.6 Å². The summed E-state index contributed by atoms with van der Waals surface area (Å²) < 4.78 is 6.08. The van der Waals surface area contributed by atoms with E-state index >= 15 is 0 Å². The highest BCUT2D eigenvalue weighted by atomic mass is 16.5. The quantitative estimate of drug-likeness (QED) is 0.680. The van der Waals surface area contributed by atoms with Crippen LogP contribution in [0.25, 0.3) is 10.8 Å². The number of piperidine rings is 1. The number of anilines is 2. The first-order valence-corrected chi connectivity index (χ1v) is 9.93. The van der Waals surface area contributed by atoms with Crippen LogP contribution in [-0.4, -0.2) is 36.1 Å². The molecule has 3 N–H and O–H groups in total. The molecule has 0 atom stereocenters. The van der Waals surface area contributed by atoms with Crippen LogP contribution in [0.4, 0.5) is 11.5 Å². The fourth-order valence-electron chi connectivity index (χ4n) is 3.63. The molecule has 146 valence electrons. The number of nitrogens with one attached hydrogen (secondary N) is 1. The highest BCUT2D eigenvalue weighted by molar-refractivity contribution is 5.92. The smallest absolute Gasteiger partial charge is 0.131 e. The summed E-state index contributed by atoms with van der Waals surface area (Å²) in [7, 11) is 2.17. The van der Waals surface area contributed by atoms with Crippen molar-refractivity contribution < 1.29 is 4.74 Å². The summed E-state index contributed by atoms with van der Waals surface area (Å²) in [5.74, 6) is 0.571. The van der Waals surface area contributed by atoms with E-state index in [0.29, 0.717) is 18.5 Å². The summed E-state index contributed by atoms with van der Waals surface area (Å²) in [5, 5.41) is 5.57. The van der Waals surface area contributed by atoms with Crippen molar-refractivity contribution in [2.75, 3.05) is 31.2 Å². The van der Waals surface area contributed by atoms with Gasteiger partial charge in [0.15, 0.2) is 0 Å². The van der Waals surface area contributed by atoms with Gasteiger partial charge in [-0.2, -0.15) is 0 Å². The molecule has 0 radical (unpaired) electrons. The number of benzene rings is 2. The average molecular weight is 377 g/mol. The fraction of sp³-hybridized carbons (Fsp3) is 0.348. The second-order valence-electron chi connectivity index (χ2n) is 7.62. The number of hydrogen-bond donors (Lipinski definition) is 2. The van der Waals surface area contributed by atoms with Crippen LogP contribution in [0.3, 0.4) is 0 Å². The van der Waals surface area contributed by atoms with Crippen LogP contribution >= 0.6 is 0 Å². The highest BCUT2D eigenvalue weighted by Crippen LogP contribution is 2.23. The molecule has 1 aromatic heterocycles. The predicted molar refractivity (Wildman–Crippen MR) is 115 cm³/mol. The number of nitrogens with two attached hydrogens (primary N) is 1. The maximum Gasteiger partial charge on any atom is 0.131 e. The van der Waals surface area contributed by atoms with Crippen molar-refractivity contribution in [3.05, 3.63) is 65.9 Å². The van der Waals surface area contributed by atoms with Crippen LogP contribution in [-0.2, 0) is 17.9 Å². The van der Waals surface area contributed by atoms with Crippen molar-refractivity contribution in [3.8, 4) is 0 Å². The Morgan fingerprint density at radius 2 is 1.82 bits per heavy atom. The second-order valence-corrected chi connectivity index (χ2v) is 7.62. The van der Waals surface area contributed by atoms with Crippen LogP contribution < -0.4 is 11.1 Å². The van der Waals surface area contributed by atoms with E-state index in [1.165, 1.54) is 11.1 Å². The lowest BCUT2D eigenvalue weighted by atomic mass is 10.1. The Balaban J connectivity index is 1.30. The SMILES string of the molecule is CN1CCC(OCc2ccc(CNc3ccc4c(N)nccc4c3)cc2)CC1. The third-order valence-electron chi connectivity index (χ3n) is 5.47. The molecule has 0 saturated carbocycles. The third kappa shape index (κ3) is 4.61. The van der Waals surface area contributed by atoms with Gasteiger partial charge in [-0.1, -0.05) is 24.3 Å². The summed E-state index contributed by atoms with van der Waals surface area (Å²) in [6, 6.07) is 16.8. The van der Waals surface area contributed by atoms with Crippen LogP contribution in [0.15, 0.2) is 54.7 Å². The third-order valence-corrected chi connectivity index (χ3v) is 5.47. The number of aromatic nitrogens is 1. The molecule has 0 amide bonds. The molecule has 1 aliphatic heterocycles. The normalized spacial score (nSPS) is 15.8. The standard InChI is InChI=1S/C23H28N4O/c1-27-12-9-21(10-13-27)28-16-18-4-2-17(3-5-18)15-26-20-6-7-22-19(14-20)8-11-25-23(22)24/h2-8,11,14,21,26H,9-10,12-13,15-16H2,1H3,(H2,24,25). The van der Waals surface area contributed by atoms with Gasteiger partial charge in [0, 0.05) is 36.9 Å². The van der Waals surface area contributed by atoms with E-state index in [4.69, 9.17) is 10.5 Å². The number of ether oxygens (including phenoxy) is 1. The molecule has 3 aromatic rings. The van der Waals surface area contributed by atoms with E-state index in [-0.39, 0.29) is 0 Å². The van der Waals surface area contributed by atoms with Crippen molar-refractivity contribution in [2.45, 2.75) is 32.1 Å². The van der Waals surface area contributed by atoms with E-state index in [9.17, 15) is 0 Å². The Labute approximate surface area is 166 Å². The summed E-state index contributed by atoms with van der Waals surface area (Å²) in [6.07, 6.45) is 4.40. The Kier molecular flexibility index (Phi) is 5.74. The lowest BCUT2D eigenvalue weighted by Gasteiger charge is -2.28. The van der Waals surface area contributed by atoms with Crippen LogP contribution in [0.2, 0.25) is 0 Å². The second kappa shape index (κ2) is 8.59. The zero-order valence-corrected chi connectivity index (χ0v) is 16.4. The molecule has 28 heavy (non-hydrogen) atoms. The molecular weight excluding hydrogens is 348 g/mol. The summed E-state index contributed by atoms with van der Waals surface area (Å²) in [5.41, 5.74) is 9.48. The Hall–Kier alpha value is -2.63. The van der Waals surface area contributed by atoms with Crippen molar-refractivity contribution in [3.63, 3.8) is 0 Å². The zero-order valence-electron chi connectivity index (χ0n) is 16.4. The number of fused-ring (bicyclic) bond motifs is 1. The van der Waals surface area contributed by atoms with E-state index in [1.54, 1.807) is 6.20 Å². The van der Waals surface area contributed by atoms with Gasteiger partial charge < -0.3 is 20.7 Å². The highest BCUT2D eigenvalue weighted by Gasteiger charge is 2.16. The predicted octanol–water partition coefficient (Wildman–Crippen LogP) is 4.04. The first-order chi connectivity index (χ1) is 13.7. The molecule has 1 fully saturated rings. The van der Waals surface area contributed by atoms with Crippen LogP contribution in [0.5, 0.6) is 0 Å². The number of likely N-dealkylation sites (tertiary alicyclic amines) is 1. The van der Waals surface area contributed by atoms with Crippen molar-refractivity contribution in [1.29, 1.82) is 0 Å². The minimum absolute atomic E-state index is 0.398. The molecule has 1 saturated heterocycles. The summed E-state index contributed by atoms with van der Waals surface area (Å²) in [4.78, 5) is 6.50. The molecule has 1 aliphatic rings. The van der Waals surface area contributed by atoms with Gasteiger partial charge in [-0.05, 0) is 60.7 Å². The monoisotopic (exact) mass is 376 g/mol.